The highest BCUT2D eigenvalue weighted by atomic mass is 19.4. The molecule has 0 radical (unpaired) electrons. The molecule has 0 saturated carbocycles. The molecule has 0 aliphatic carbocycles. The fraction of sp³-hybridized carbons (Fsp3) is 0.292. The summed E-state index contributed by atoms with van der Waals surface area (Å²) in [5, 5.41) is 13.3. The summed E-state index contributed by atoms with van der Waals surface area (Å²) in [6.07, 6.45) is -2.40. The molecule has 0 spiro atoms. The summed E-state index contributed by atoms with van der Waals surface area (Å²) >= 11 is 0. The van der Waals surface area contributed by atoms with Crippen LogP contribution in [0.4, 0.5) is 23.2 Å². The number of nitrogens with one attached hydrogen (secondary N) is 3. The first kappa shape index (κ1) is 27.5. The largest absolute Gasteiger partial charge is 0.573 e. The molecule has 2 rings (SSSR count). The van der Waals surface area contributed by atoms with Gasteiger partial charge in [0, 0.05) is 41.4 Å². The quantitative estimate of drug-likeness (QED) is 0.210. The Balaban J connectivity index is 2.57. The standard InChI is InChI=1S/C24H26F4N4O3/c1-14(2)12-31-22(16(10-29)11-30)21(20-6-4-3-5-15(20)13-33)23(34)32-18-7-17(25)8-19(9-18)35-24(26,27)28/h3-11,13-14,21-22,29,31H,12,30H2,1-2H3,(H,32,34)/b16-11+,29-10?/t21-,22+/m1/s1. The van der Waals surface area contributed by atoms with Crippen LogP contribution in [0.1, 0.15) is 35.7 Å². The van der Waals surface area contributed by atoms with Crippen molar-refractivity contribution >= 4 is 24.1 Å². The normalized spacial score (nSPS) is 13.7. The second kappa shape index (κ2) is 12.1. The number of carbonyl (C=O) groups excluding carboxylic acids is 2. The Morgan fingerprint density at radius 3 is 2.46 bits per heavy atom. The van der Waals surface area contributed by atoms with Crippen molar-refractivity contribution in [2.45, 2.75) is 32.2 Å². The van der Waals surface area contributed by atoms with Gasteiger partial charge in [-0.25, -0.2) is 4.39 Å². The Bertz CT molecular complexity index is 1090. The van der Waals surface area contributed by atoms with Crippen LogP contribution in [-0.4, -0.2) is 37.4 Å². The average Bonchev–Trinajstić information content (AvgIpc) is 2.76. The molecule has 188 valence electrons. The molecule has 0 heterocycles. The van der Waals surface area contributed by atoms with E-state index in [0.29, 0.717) is 18.9 Å². The Kier molecular flexibility index (Phi) is 9.52. The summed E-state index contributed by atoms with van der Waals surface area (Å²) in [5.74, 6) is -3.72. The lowest BCUT2D eigenvalue weighted by Crippen LogP contribution is -2.44. The van der Waals surface area contributed by atoms with Crippen LogP contribution in [-0.2, 0) is 4.79 Å². The number of carbonyl (C=O) groups is 2. The lowest BCUT2D eigenvalue weighted by atomic mass is 9.83. The number of nitrogens with two attached hydrogens (primary N) is 1. The molecule has 0 unspecified atom stereocenters. The minimum Gasteiger partial charge on any atom is -0.406 e. The van der Waals surface area contributed by atoms with Gasteiger partial charge in [0.25, 0.3) is 0 Å². The fourth-order valence-corrected chi connectivity index (χ4v) is 3.45. The smallest absolute Gasteiger partial charge is 0.406 e. The van der Waals surface area contributed by atoms with Crippen LogP contribution >= 0.6 is 0 Å². The highest BCUT2D eigenvalue weighted by molar-refractivity contribution is 5.99. The first-order valence-electron chi connectivity index (χ1n) is 10.6. The number of aldehydes is 1. The number of hydrogen-bond donors (Lipinski definition) is 4. The Morgan fingerprint density at radius 1 is 1.20 bits per heavy atom. The number of benzene rings is 2. The molecule has 0 aliphatic heterocycles. The Hall–Kier alpha value is -3.73. The molecule has 0 bridgehead atoms. The lowest BCUT2D eigenvalue weighted by molar-refractivity contribution is -0.274. The Labute approximate surface area is 199 Å². The number of amides is 1. The van der Waals surface area contributed by atoms with E-state index in [9.17, 15) is 27.2 Å². The molecule has 2 atom stereocenters. The van der Waals surface area contributed by atoms with Gasteiger partial charge in [0.1, 0.15) is 17.9 Å². The van der Waals surface area contributed by atoms with Gasteiger partial charge >= 0.3 is 6.36 Å². The van der Waals surface area contributed by atoms with Crippen LogP contribution in [0.5, 0.6) is 5.75 Å². The van der Waals surface area contributed by atoms with Crippen LogP contribution in [0.2, 0.25) is 0 Å². The van der Waals surface area contributed by atoms with Crippen molar-refractivity contribution in [3.8, 4) is 5.75 Å². The van der Waals surface area contributed by atoms with Crippen LogP contribution < -0.4 is 21.1 Å². The summed E-state index contributed by atoms with van der Waals surface area (Å²) < 4.78 is 55.6. The molecule has 2 aromatic carbocycles. The molecule has 11 heteroatoms. The van der Waals surface area contributed by atoms with E-state index in [2.05, 4.69) is 15.4 Å². The maximum absolute atomic E-state index is 14.0. The van der Waals surface area contributed by atoms with Gasteiger partial charge in [0.05, 0.1) is 12.0 Å². The third kappa shape index (κ3) is 7.92. The van der Waals surface area contributed by atoms with Gasteiger partial charge < -0.3 is 26.5 Å². The topological polar surface area (TPSA) is 117 Å². The van der Waals surface area contributed by atoms with Crippen LogP contribution in [0, 0.1) is 17.1 Å². The minimum absolute atomic E-state index is 0.137. The van der Waals surface area contributed by atoms with Crippen molar-refractivity contribution in [1.82, 2.24) is 5.32 Å². The molecule has 1 amide bonds. The molecular weight excluding hydrogens is 468 g/mol. The highest BCUT2D eigenvalue weighted by Crippen LogP contribution is 2.30. The van der Waals surface area contributed by atoms with Crippen molar-refractivity contribution in [3.05, 3.63) is 71.2 Å². The molecule has 35 heavy (non-hydrogen) atoms. The first-order valence-corrected chi connectivity index (χ1v) is 10.6. The predicted molar refractivity (Wildman–Crippen MR) is 124 cm³/mol. The number of alkyl halides is 3. The SMILES string of the molecule is CC(C)CN[C@@H](/C(C=N)=C/N)[C@H](C(=O)Nc1cc(F)cc(OC(F)(F)F)c1)c1ccccc1C=O. The first-order chi connectivity index (χ1) is 16.5. The zero-order valence-electron chi connectivity index (χ0n) is 19.0. The number of anilines is 1. The summed E-state index contributed by atoms with van der Waals surface area (Å²) in [5.41, 5.74) is 6.11. The predicted octanol–water partition coefficient (Wildman–Crippen LogP) is 4.37. The van der Waals surface area contributed by atoms with E-state index >= 15 is 0 Å². The van der Waals surface area contributed by atoms with Gasteiger partial charge in [-0.1, -0.05) is 38.1 Å². The van der Waals surface area contributed by atoms with Gasteiger partial charge in [-0.2, -0.15) is 0 Å². The third-order valence-electron chi connectivity index (χ3n) is 4.91. The monoisotopic (exact) mass is 494 g/mol. The molecule has 2 aromatic rings. The number of halogens is 4. The summed E-state index contributed by atoms with van der Waals surface area (Å²) in [6.45, 7) is 4.25. The summed E-state index contributed by atoms with van der Waals surface area (Å²) in [7, 11) is 0. The molecule has 0 fully saturated rings. The van der Waals surface area contributed by atoms with E-state index in [-0.39, 0.29) is 28.3 Å². The maximum Gasteiger partial charge on any atom is 0.573 e. The van der Waals surface area contributed by atoms with Gasteiger partial charge in [0.2, 0.25) is 5.91 Å². The van der Waals surface area contributed by atoms with E-state index in [1.807, 2.05) is 13.8 Å². The summed E-state index contributed by atoms with van der Waals surface area (Å²) in [6, 6.07) is 7.54. The molecule has 0 aliphatic rings. The highest BCUT2D eigenvalue weighted by Gasteiger charge is 2.34. The molecular formula is C24H26F4N4O3. The lowest BCUT2D eigenvalue weighted by Gasteiger charge is -2.30. The number of rotatable bonds is 11. The van der Waals surface area contributed by atoms with Crippen molar-refractivity contribution < 1.29 is 31.9 Å². The zero-order valence-corrected chi connectivity index (χ0v) is 19.0. The van der Waals surface area contributed by atoms with Gasteiger partial charge in [0.15, 0.2) is 0 Å². The second-order valence-corrected chi connectivity index (χ2v) is 8.03. The molecule has 5 N–H and O–H groups in total. The maximum atomic E-state index is 14.0. The molecule has 0 saturated heterocycles. The van der Waals surface area contributed by atoms with E-state index in [1.165, 1.54) is 6.07 Å². The van der Waals surface area contributed by atoms with Crippen LogP contribution in [0.25, 0.3) is 0 Å². The van der Waals surface area contributed by atoms with E-state index in [0.717, 1.165) is 24.5 Å². The number of ether oxygens (including phenoxy) is 1. The van der Waals surface area contributed by atoms with Gasteiger partial charge in [-0.05, 0) is 24.1 Å². The average molecular weight is 494 g/mol. The molecule has 7 nitrogen and oxygen atoms in total. The second-order valence-electron chi connectivity index (χ2n) is 8.03. The van der Waals surface area contributed by atoms with Gasteiger partial charge in [-0.3, -0.25) is 9.59 Å². The summed E-state index contributed by atoms with van der Waals surface area (Å²) in [4.78, 5) is 25.2. The fourth-order valence-electron chi connectivity index (χ4n) is 3.45. The number of hydrogen-bond acceptors (Lipinski definition) is 6. The van der Waals surface area contributed by atoms with Crippen molar-refractivity contribution in [2.24, 2.45) is 11.7 Å². The van der Waals surface area contributed by atoms with Crippen molar-refractivity contribution in [3.63, 3.8) is 0 Å². The molecule has 0 aromatic heterocycles. The van der Waals surface area contributed by atoms with Gasteiger partial charge in [-0.15, -0.1) is 13.2 Å². The third-order valence-corrected chi connectivity index (χ3v) is 4.91. The van der Waals surface area contributed by atoms with Crippen molar-refractivity contribution in [1.29, 1.82) is 5.41 Å². The zero-order chi connectivity index (χ0) is 26.2. The minimum atomic E-state index is -5.06. The van der Waals surface area contributed by atoms with Crippen molar-refractivity contribution in [2.75, 3.05) is 11.9 Å². The van der Waals surface area contributed by atoms with E-state index in [1.54, 1.807) is 18.2 Å². The van der Waals surface area contributed by atoms with Crippen LogP contribution in [0.3, 0.4) is 0 Å². The van der Waals surface area contributed by atoms with Crippen LogP contribution in [0.15, 0.2) is 54.2 Å². The van der Waals surface area contributed by atoms with E-state index < -0.39 is 35.8 Å². The Morgan fingerprint density at radius 2 is 1.89 bits per heavy atom. The van der Waals surface area contributed by atoms with E-state index in [4.69, 9.17) is 11.1 Å².